The first-order chi connectivity index (χ1) is 13.0. The van der Waals surface area contributed by atoms with Crippen molar-refractivity contribution in [3.63, 3.8) is 0 Å². The van der Waals surface area contributed by atoms with E-state index < -0.39 is 5.97 Å². The van der Waals surface area contributed by atoms with Crippen LogP contribution in [0.25, 0.3) is 0 Å². The van der Waals surface area contributed by atoms with Gasteiger partial charge in [-0.1, -0.05) is 18.2 Å². The van der Waals surface area contributed by atoms with Crippen LogP contribution in [0.1, 0.15) is 29.8 Å². The van der Waals surface area contributed by atoms with Gasteiger partial charge in [-0.15, -0.1) is 0 Å². The molecule has 0 aromatic heterocycles. The van der Waals surface area contributed by atoms with E-state index in [0.717, 1.165) is 17.7 Å². The summed E-state index contributed by atoms with van der Waals surface area (Å²) in [6.45, 7) is 4.03. The Bertz CT molecular complexity index is 848. The summed E-state index contributed by atoms with van der Waals surface area (Å²) in [5.74, 6) is 0.179. The first-order valence-electron chi connectivity index (χ1n) is 8.93. The van der Waals surface area contributed by atoms with Crippen molar-refractivity contribution in [2.24, 2.45) is 0 Å². The predicted octanol–water partition coefficient (Wildman–Crippen LogP) is 3.23. The minimum absolute atomic E-state index is 0.0409. The molecule has 6 nitrogen and oxygen atoms in total. The number of benzene rings is 2. The number of anilines is 1. The van der Waals surface area contributed by atoms with E-state index >= 15 is 0 Å². The van der Waals surface area contributed by atoms with Gasteiger partial charge in [0.25, 0.3) is 5.91 Å². The minimum atomic E-state index is -0.579. The summed E-state index contributed by atoms with van der Waals surface area (Å²) in [6.07, 6.45) is 0.798. The molecular weight excluding hydrogens is 346 g/mol. The number of carbonyl (C=O) groups excluding carboxylic acids is 2. The van der Waals surface area contributed by atoms with Crippen molar-refractivity contribution in [3.8, 4) is 11.5 Å². The van der Waals surface area contributed by atoms with Crippen molar-refractivity contribution < 1.29 is 23.8 Å². The van der Waals surface area contributed by atoms with Gasteiger partial charge >= 0.3 is 5.97 Å². The van der Waals surface area contributed by atoms with Gasteiger partial charge in [0.1, 0.15) is 0 Å². The summed E-state index contributed by atoms with van der Waals surface area (Å²) >= 11 is 0. The summed E-state index contributed by atoms with van der Waals surface area (Å²) in [5.41, 5.74) is 2.31. The van der Waals surface area contributed by atoms with Crippen molar-refractivity contribution >= 4 is 17.6 Å². The highest BCUT2D eigenvalue weighted by Crippen LogP contribution is 2.32. The minimum Gasteiger partial charge on any atom is -0.493 e. The van der Waals surface area contributed by atoms with Gasteiger partial charge in [-0.25, -0.2) is 4.79 Å². The average molecular weight is 369 g/mol. The molecule has 3 rings (SSSR count). The van der Waals surface area contributed by atoms with E-state index in [9.17, 15) is 9.59 Å². The van der Waals surface area contributed by atoms with Crippen molar-refractivity contribution in [1.82, 2.24) is 0 Å². The van der Waals surface area contributed by atoms with Crippen molar-refractivity contribution in [3.05, 3.63) is 53.6 Å². The largest absolute Gasteiger partial charge is 0.493 e. The highest BCUT2D eigenvalue weighted by Gasteiger charge is 2.31. The first kappa shape index (κ1) is 18.8. The molecule has 0 saturated carbocycles. The van der Waals surface area contributed by atoms with E-state index in [1.54, 1.807) is 23.1 Å². The van der Waals surface area contributed by atoms with Crippen LogP contribution in [0.4, 0.5) is 5.69 Å². The molecule has 2 aromatic rings. The second-order valence-corrected chi connectivity index (χ2v) is 6.32. The number of nitrogens with zero attached hydrogens (tertiary/aromatic N) is 1. The van der Waals surface area contributed by atoms with Gasteiger partial charge < -0.3 is 19.1 Å². The third-order valence-corrected chi connectivity index (χ3v) is 4.50. The maximum absolute atomic E-state index is 12.6. The lowest BCUT2D eigenvalue weighted by atomic mass is 10.1. The van der Waals surface area contributed by atoms with Gasteiger partial charge in [-0.3, -0.25) is 4.79 Å². The number of ether oxygens (including phenoxy) is 3. The molecular formula is C21H23NO5. The number of hydrogen-bond acceptors (Lipinski definition) is 5. The SMILES string of the molecule is CCOc1ccc(C(=O)OCC(=O)N2c3ccccc3C[C@@H]2C)cc1OC. The second kappa shape index (κ2) is 8.12. The van der Waals surface area contributed by atoms with Gasteiger partial charge in [-0.05, 0) is 50.1 Å². The van der Waals surface area contributed by atoms with Gasteiger partial charge in [-0.2, -0.15) is 0 Å². The first-order valence-corrected chi connectivity index (χ1v) is 8.93. The lowest BCUT2D eigenvalue weighted by molar-refractivity contribution is -0.122. The summed E-state index contributed by atoms with van der Waals surface area (Å²) < 4.78 is 15.9. The molecule has 6 heteroatoms. The molecule has 0 aliphatic carbocycles. The van der Waals surface area contributed by atoms with E-state index in [1.807, 2.05) is 38.1 Å². The smallest absolute Gasteiger partial charge is 0.338 e. The molecule has 0 saturated heterocycles. The number of rotatable bonds is 6. The third kappa shape index (κ3) is 3.89. The topological polar surface area (TPSA) is 65.1 Å². The molecule has 0 spiro atoms. The van der Waals surface area contributed by atoms with Crippen LogP contribution in [-0.2, 0) is 16.0 Å². The molecule has 2 aromatic carbocycles. The monoisotopic (exact) mass is 369 g/mol. The quantitative estimate of drug-likeness (QED) is 0.732. The summed E-state index contributed by atoms with van der Waals surface area (Å²) in [6, 6.07) is 12.6. The Hall–Kier alpha value is -3.02. The Balaban J connectivity index is 1.66. The summed E-state index contributed by atoms with van der Waals surface area (Å²) in [4.78, 5) is 26.7. The lowest BCUT2D eigenvalue weighted by Crippen LogP contribution is -2.38. The molecule has 0 bridgehead atoms. The van der Waals surface area contributed by atoms with Crippen LogP contribution in [-0.4, -0.2) is 38.2 Å². The molecule has 0 radical (unpaired) electrons. The highest BCUT2D eigenvalue weighted by molar-refractivity contribution is 5.99. The summed E-state index contributed by atoms with van der Waals surface area (Å²) in [5, 5.41) is 0. The molecule has 1 aliphatic heterocycles. The van der Waals surface area contributed by atoms with E-state index in [1.165, 1.54) is 7.11 Å². The molecule has 27 heavy (non-hydrogen) atoms. The molecule has 1 heterocycles. The molecule has 142 valence electrons. The second-order valence-electron chi connectivity index (χ2n) is 6.32. The van der Waals surface area contributed by atoms with Gasteiger partial charge in [0, 0.05) is 11.7 Å². The van der Waals surface area contributed by atoms with Crippen LogP contribution in [0.2, 0.25) is 0 Å². The number of amides is 1. The number of fused-ring (bicyclic) bond motifs is 1. The van der Waals surface area contributed by atoms with E-state index in [-0.39, 0.29) is 18.6 Å². The molecule has 0 fully saturated rings. The zero-order chi connectivity index (χ0) is 19.4. The molecule has 1 aliphatic rings. The number of hydrogen-bond donors (Lipinski definition) is 0. The Morgan fingerprint density at radius 1 is 1.15 bits per heavy atom. The fourth-order valence-corrected chi connectivity index (χ4v) is 3.30. The van der Waals surface area contributed by atoms with Crippen LogP contribution in [0.5, 0.6) is 11.5 Å². The van der Waals surface area contributed by atoms with Crippen molar-refractivity contribution in [2.75, 3.05) is 25.2 Å². The van der Waals surface area contributed by atoms with Crippen LogP contribution in [0.3, 0.4) is 0 Å². The third-order valence-electron chi connectivity index (χ3n) is 4.50. The number of methoxy groups -OCH3 is 1. The van der Waals surface area contributed by atoms with E-state index in [0.29, 0.717) is 23.7 Å². The average Bonchev–Trinajstić information content (AvgIpc) is 3.02. The maximum Gasteiger partial charge on any atom is 0.338 e. The van der Waals surface area contributed by atoms with E-state index in [2.05, 4.69) is 0 Å². The van der Waals surface area contributed by atoms with Crippen LogP contribution >= 0.6 is 0 Å². The molecule has 0 N–H and O–H groups in total. The Morgan fingerprint density at radius 3 is 2.67 bits per heavy atom. The maximum atomic E-state index is 12.6. The number of esters is 1. The Labute approximate surface area is 158 Å². The standard InChI is InChI=1S/C21H23NO5/c1-4-26-18-10-9-16(12-19(18)25-3)21(24)27-13-20(23)22-14(2)11-15-7-5-6-8-17(15)22/h5-10,12,14H,4,11,13H2,1-3H3/t14-/m0/s1. The fourth-order valence-electron chi connectivity index (χ4n) is 3.30. The predicted molar refractivity (Wildman–Crippen MR) is 102 cm³/mol. The zero-order valence-corrected chi connectivity index (χ0v) is 15.7. The molecule has 0 unspecified atom stereocenters. The molecule has 1 amide bonds. The van der Waals surface area contributed by atoms with Crippen LogP contribution in [0, 0.1) is 0 Å². The Morgan fingerprint density at radius 2 is 1.93 bits per heavy atom. The Kier molecular flexibility index (Phi) is 5.64. The van der Waals surface area contributed by atoms with Gasteiger partial charge in [0.2, 0.25) is 0 Å². The number of carbonyl (C=O) groups is 2. The van der Waals surface area contributed by atoms with E-state index in [4.69, 9.17) is 14.2 Å². The summed E-state index contributed by atoms with van der Waals surface area (Å²) in [7, 11) is 1.50. The van der Waals surface area contributed by atoms with Crippen LogP contribution < -0.4 is 14.4 Å². The highest BCUT2D eigenvalue weighted by atomic mass is 16.5. The number of para-hydroxylation sites is 1. The molecule has 1 atom stereocenters. The van der Waals surface area contributed by atoms with Crippen molar-refractivity contribution in [2.45, 2.75) is 26.3 Å². The van der Waals surface area contributed by atoms with Gasteiger partial charge in [0.05, 0.1) is 19.3 Å². The zero-order valence-electron chi connectivity index (χ0n) is 15.7. The fraction of sp³-hybridized carbons (Fsp3) is 0.333. The lowest BCUT2D eigenvalue weighted by Gasteiger charge is -2.22. The van der Waals surface area contributed by atoms with Crippen molar-refractivity contribution in [1.29, 1.82) is 0 Å². The van der Waals surface area contributed by atoms with Gasteiger partial charge in [0.15, 0.2) is 18.1 Å². The van der Waals surface area contributed by atoms with Crippen LogP contribution in [0.15, 0.2) is 42.5 Å². The normalized spacial score (nSPS) is 15.2.